The summed E-state index contributed by atoms with van der Waals surface area (Å²) in [6.45, 7) is 1.82. The molecule has 6 heteroatoms. The van der Waals surface area contributed by atoms with Crippen molar-refractivity contribution in [1.82, 2.24) is 0 Å². The van der Waals surface area contributed by atoms with Gasteiger partial charge in [-0.05, 0) is 30.7 Å². The Hall–Kier alpha value is -2.08. The molecular formula is C15H16FNO3S. The SMILES string of the molecule is COc1ccc(CS(=O)(=O)c2ccc(C)cc2N)c(F)c1. The van der Waals surface area contributed by atoms with Gasteiger partial charge in [0.1, 0.15) is 11.6 Å². The van der Waals surface area contributed by atoms with Gasteiger partial charge in [0.05, 0.1) is 23.4 Å². The molecule has 0 atom stereocenters. The van der Waals surface area contributed by atoms with Gasteiger partial charge in [-0.25, -0.2) is 12.8 Å². The Morgan fingerprint density at radius 2 is 1.90 bits per heavy atom. The van der Waals surface area contributed by atoms with E-state index in [1.54, 1.807) is 12.1 Å². The molecule has 0 spiro atoms. The fourth-order valence-electron chi connectivity index (χ4n) is 2.01. The van der Waals surface area contributed by atoms with Gasteiger partial charge in [-0.2, -0.15) is 0 Å². The number of hydrogen-bond donors (Lipinski definition) is 1. The van der Waals surface area contributed by atoms with Gasteiger partial charge < -0.3 is 10.5 Å². The lowest BCUT2D eigenvalue weighted by Crippen LogP contribution is -2.09. The zero-order chi connectivity index (χ0) is 15.6. The molecule has 0 heterocycles. The largest absolute Gasteiger partial charge is 0.497 e. The predicted molar refractivity (Wildman–Crippen MR) is 79.4 cm³/mol. The van der Waals surface area contributed by atoms with Crippen LogP contribution in [0.3, 0.4) is 0 Å². The number of halogens is 1. The third kappa shape index (κ3) is 3.33. The van der Waals surface area contributed by atoms with Gasteiger partial charge in [-0.1, -0.05) is 12.1 Å². The average Bonchev–Trinajstić information content (AvgIpc) is 2.40. The topological polar surface area (TPSA) is 69.4 Å². The van der Waals surface area contributed by atoms with Gasteiger partial charge >= 0.3 is 0 Å². The van der Waals surface area contributed by atoms with E-state index in [9.17, 15) is 12.8 Å². The Balaban J connectivity index is 2.37. The van der Waals surface area contributed by atoms with E-state index in [1.807, 2.05) is 6.92 Å². The quantitative estimate of drug-likeness (QED) is 0.882. The van der Waals surface area contributed by atoms with E-state index in [1.165, 1.54) is 25.3 Å². The van der Waals surface area contributed by atoms with Crippen molar-refractivity contribution in [3.05, 3.63) is 53.3 Å². The van der Waals surface area contributed by atoms with Crippen LogP contribution in [0.5, 0.6) is 5.75 Å². The number of benzene rings is 2. The standard InChI is InChI=1S/C15H16FNO3S/c1-10-3-6-15(14(17)7-10)21(18,19)9-11-4-5-12(20-2)8-13(11)16/h3-8H,9,17H2,1-2H3. The molecule has 0 bridgehead atoms. The maximum Gasteiger partial charge on any atom is 0.184 e. The first-order chi connectivity index (χ1) is 9.83. The fraction of sp³-hybridized carbons (Fsp3) is 0.200. The molecule has 21 heavy (non-hydrogen) atoms. The first-order valence-corrected chi connectivity index (χ1v) is 7.90. The highest BCUT2D eigenvalue weighted by Crippen LogP contribution is 2.25. The molecule has 0 aromatic heterocycles. The minimum Gasteiger partial charge on any atom is -0.497 e. The molecule has 2 aromatic rings. The second kappa shape index (κ2) is 5.73. The predicted octanol–water partition coefficient (Wildman–Crippen LogP) is 2.70. The van der Waals surface area contributed by atoms with E-state index in [2.05, 4.69) is 0 Å². The smallest absolute Gasteiger partial charge is 0.184 e. The summed E-state index contributed by atoms with van der Waals surface area (Å²) in [6, 6.07) is 8.76. The molecule has 112 valence electrons. The normalized spacial score (nSPS) is 11.4. The van der Waals surface area contributed by atoms with Gasteiger partial charge in [-0.15, -0.1) is 0 Å². The Bertz CT molecular complexity index is 772. The minimum atomic E-state index is -3.71. The van der Waals surface area contributed by atoms with Crippen LogP contribution in [0, 0.1) is 12.7 Å². The first kappa shape index (κ1) is 15.3. The zero-order valence-corrected chi connectivity index (χ0v) is 12.6. The van der Waals surface area contributed by atoms with Crippen LogP contribution in [0.1, 0.15) is 11.1 Å². The molecule has 0 saturated carbocycles. The van der Waals surface area contributed by atoms with Crippen LogP contribution < -0.4 is 10.5 Å². The van der Waals surface area contributed by atoms with Crippen LogP contribution >= 0.6 is 0 Å². The molecule has 0 aliphatic carbocycles. The zero-order valence-electron chi connectivity index (χ0n) is 11.8. The lowest BCUT2D eigenvalue weighted by molar-refractivity contribution is 0.411. The molecule has 0 aliphatic rings. The molecule has 0 saturated heterocycles. The van der Waals surface area contributed by atoms with Gasteiger partial charge in [0, 0.05) is 11.6 Å². The summed E-state index contributed by atoms with van der Waals surface area (Å²) in [5.41, 5.74) is 6.86. The number of hydrogen-bond acceptors (Lipinski definition) is 4. The molecule has 0 aliphatic heterocycles. The second-order valence-electron chi connectivity index (χ2n) is 4.76. The van der Waals surface area contributed by atoms with Crippen LogP contribution in [0.4, 0.5) is 10.1 Å². The molecule has 2 rings (SSSR count). The Morgan fingerprint density at radius 1 is 1.19 bits per heavy atom. The van der Waals surface area contributed by atoms with Gasteiger partial charge in [-0.3, -0.25) is 0 Å². The van der Waals surface area contributed by atoms with Crippen molar-refractivity contribution in [2.75, 3.05) is 12.8 Å². The van der Waals surface area contributed by atoms with E-state index in [0.717, 1.165) is 11.6 Å². The molecule has 0 amide bonds. The molecule has 0 unspecified atom stereocenters. The second-order valence-corrected chi connectivity index (χ2v) is 6.72. The van der Waals surface area contributed by atoms with E-state index >= 15 is 0 Å². The maximum atomic E-state index is 13.9. The van der Waals surface area contributed by atoms with Crippen LogP contribution in [0.15, 0.2) is 41.3 Å². The van der Waals surface area contributed by atoms with E-state index in [0.29, 0.717) is 5.75 Å². The van der Waals surface area contributed by atoms with Crippen molar-refractivity contribution < 1.29 is 17.5 Å². The monoisotopic (exact) mass is 309 g/mol. The van der Waals surface area contributed by atoms with Gasteiger partial charge in [0.15, 0.2) is 9.84 Å². The number of sulfone groups is 1. The number of nitrogen functional groups attached to an aromatic ring is 1. The lowest BCUT2D eigenvalue weighted by atomic mass is 10.2. The molecule has 2 N–H and O–H groups in total. The summed E-state index contributed by atoms with van der Waals surface area (Å²) in [6.07, 6.45) is 0. The fourth-order valence-corrected chi connectivity index (χ4v) is 3.50. The number of nitrogens with two attached hydrogens (primary N) is 1. The number of ether oxygens (including phenoxy) is 1. The van der Waals surface area contributed by atoms with Crippen molar-refractivity contribution >= 4 is 15.5 Å². The van der Waals surface area contributed by atoms with Crippen molar-refractivity contribution in [2.24, 2.45) is 0 Å². The molecule has 0 radical (unpaired) electrons. The molecule has 4 nitrogen and oxygen atoms in total. The summed E-state index contributed by atoms with van der Waals surface area (Å²) in [5.74, 6) is -0.733. The van der Waals surface area contributed by atoms with Gasteiger partial charge in [0.2, 0.25) is 0 Å². The van der Waals surface area contributed by atoms with Crippen LogP contribution in [0.25, 0.3) is 0 Å². The number of methoxy groups -OCH3 is 1. The van der Waals surface area contributed by atoms with Crippen LogP contribution in [-0.2, 0) is 15.6 Å². The summed E-state index contributed by atoms with van der Waals surface area (Å²) in [7, 11) is -2.29. The third-order valence-corrected chi connectivity index (χ3v) is 4.84. The highest BCUT2D eigenvalue weighted by molar-refractivity contribution is 7.90. The lowest BCUT2D eigenvalue weighted by Gasteiger charge is -2.10. The van der Waals surface area contributed by atoms with Crippen molar-refractivity contribution in [3.63, 3.8) is 0 Å². The number of aryl methyl sites for hydroxylation is 1. The highest BCUT2D eigenvalue weighted by Gasteiger charge is 2.20. The summed E-state index contributed by atoms with van der Waals surface area (Å²) in [5, 5.41) is 0. The summed E-state index contributed by atoms with van der Waals surface area (Å²) >= 11 is 0. The molecular weight excluding hydrogens is 293 g/mol. The summed E-state index contributed by atoms with van der Waals surface area (Å²) < 4.78 is 43.5. The van der Waals surface area contributed by atoms with Crippen molar-refractivity contribution in [2.45, 2.75) is 17.6 Å². The van der Waals surface area contributed by atoms with Gasteiger partial charge in [0.25, 0.3) is 0 Å². The molecule has 0 fully saturated rings. The minimum absolute atomic E-state index is 0.0170. The average molecular weight is 309 g/mol. The third-order valence-electron chi connectivity index (χ3n) is 3.11. The van der Waals surface area contributed by atoms with E-state index in [-0.39, 0.29) is 16.1 Å². The van der Waals surface area contributed by atoms with E-state index < -0.39 is 21.4 Å². The van der Waals surface area contributed by atoms with Crippen molar-refractivity contribution in [1.29, 1.82) is 0 Å². The van der Waals surface area contributed by atoms with Crippen LogP contribution in [-0.4, -0.2) is 15.5 Å². The Morgan fingerprint density at radius 3 is 2.48 bits per heavy atom. The summed E-state index contributed by atoms with van der Waals surface area (Å²) in [4.78, 5) is 0.0170. The Kier molecular flexibility index (Phi) is 4.18. The van der Waals surface area contributed by atoms with Crippen LogP contribution in [0.2, 0.25) is 0 Å². The number of anilines is 1. The van der Waals surface area contributed by atoms with Crippen molar-refractivity contribution in [3.8, 4) is 5.75 Å². The Labute approximate surface area is 123 Å². The maximum absolute atomic E-state index is 13.9. The molecule has 2 aromatic carbocycles. The first-order valence-electron chi connectivity index (χ1n) is 6.25. The van der Waals surface area contributed by atoms with E-state index in [4.69, 9.17) is 10.5 Å². The number of rotatable bonds is 4. The highest BCUT2D eigenvalue weighted by atomic mass is 32.2.